The zero-order valence-corrected chi connectivity index (χ0v) is 5.55. The molecule has 0 bridgehead atoms. The number of Topliss-reactive ketones (excluding diaryl/α,β-unsaturated/α-hetero) is 1. The van der Waals surface area contributed by atoms with Crippen molar-refractivity contribution in [1.29, 1.82) is 0 Å². The molecule has 0 aliphatic heterocycles. The van der Waals surface area contributed by atoms with Gasteiger partial charge < -0.3 is 4.42 Å². The van der Waals surface area contributed by atoms with E-state index in [0.29, 0.717) is 11.3 Å². The van der Waals surface area contributed by atoms with Gasteiger partial charge in [0.05, 0.1) is 5.56 Å². The molecular weight excluding hydrogens is 128 g/mol. The minimum atomic E-state index is -0.336. The van der Waals surface area contributed by atoms with E-state index in [1.807, 2.05) is 5.92 Å². The molecule has 0 saturated heterocycles. The van der Waals surface area contributed by atoms with Crippen LogP contribution in [0, 0.1) is 19.3 Å². The maximum absolute atomic E-state index is 10.7. The Morgan fingerprint density at radius 3 is 2.90 bits per heavy atom. The highest BCUT2D eigenvalue weighted by molar-refractivity contribution is 6.08. The van der Waals surface area contributed by atoms with Gasteiger partial charge in [-0.2, -0.15) is 0 Å². The Balaban J connectivity index is 2.98. The minimum absolute atomic E-state index is 0.336. The van der Waals surface area contributed by atoms with Crippen molar-refractivity contribution < 1.29 is 9.21 Å². The number of aryl methyl sites for hydroxylation is 1. The fourth-order valence-electron chi connectivity index (χ4n) is 0.646. The quantitative estimate of drug-likeness (QED) is 0.330. The molecule has 0 radical (unpaired) electrons. The van der Waals surface area contributed by atoms with Crippen molar-refractivity contribution in [1.82, 2.24) is 0 Å². The summed E-state index contributed by atoms with van der Waals surface area (Å²) in [6.07, 6.45) is 6.23. The molecule has 2 nitrogen and oxygen atoms in total. The monoisotopic (exact) mass is 134 g/mol. The fraction of sp³-hybridized carbons (Fsp3) is 0.125. The number of carbonyl (C=O) groups is 1. The van der Waals surface area contributed by atoms with Crippen LogP contribution < -0.4 is 0 Å². The molecule has 0 aliphatic carbocycles. The molecule has 1 aromatic rings. The van der Waals surface area contributed by atoms with Gasteiger partial charge in [-0.05, 0) is 18.9 Å². The van der Waals surface area contributed by atoms with Crippen LogP contribution in [0.5, 0.6) is 0 Å². The summed E-state index contributed by atoms with van der Waals surface area (Å²) in [5, 5.41) is 0. The molecule has 2 heteroatoms. The number of carbonyl (C=O) groups excluding carboxylic acids is 1. The normalized spacial score (nSPS) is 8.80. The Bertz CT molecular complexity index is 288. The molecule has 1 rings (SSSR count). The fourth-order valence-corrected chi connectivity index (χ4v) is 0.646. The minimum Gasteiger partial charge on any atom is -0.469 e. The first-order valence-electron chi connectivity index (χ1n) is 2.80. The molecule has 0 spiro atoms. The number of ketones is 1. The van der Waals surface area contributed by atoms with Crippen molar-refractivity contribution >= 4 is 5.78 Å². The second-order valence-corrected chi connectivity index (χ2v) is 1.92. The predicted molar refractivity (Wildman–Crippen MR) is 36.6 cm³/mol. The van der Waals surface area contributed by atoms with E-state index in [1.54, 1.807) is 13.0 Å². The highest BCUT2D eigenvalue weighted by Gasteiger charge is 2.03. The topological polar surface area (TPSA) is 30.2 Å². The highest BCUT2D eigenvalue weighted by Crippen LogP contribution is 2.05. The number of rotatable bonds is 1. The lowest BCUT2D eigenvalue weighted by molar-refractivity contribution is 0.105. The Morgan fingerprint density at radius 1 is 1.80 bits per heavy atom. The molecule has 0 atom stereocenters. The van der Waals surface area contributed by atoms with E-state index in [2.05, 4.69) is 0 Å². The molecule has 0 unspecified atom stereocenters. The van der Waals surface area contributed by atoms with Gasteiger partial charge in [-0.25, -0.2) is 0 Å². The zero-order valence-electron chi connectivity index (χ0n) is 5.55. The maximum Gasteiger partial charge on any atom is 0.238 e. The summed E-state index contributed by atoms with van der Waals surface area (Å²) in [6.45, 7) is 1.76. The van der Waals surface area contributed by atoms with Crippen molar-refractivity contribution in [3.8, 4) is 12.3 Å². The third kappa shape index (κ3) is 1.08. The first-order chi connectivity index (χ1) is 4.74. The van der Waals surface area contributed by atoms with E-state index < -0.39 is 0 Å². The van der Waals surface area contributed by atoms with Crippen LogP contribution >= 0.6 is 0 Å². The van der Waals surface area contributed by atoms with Crippen LogP contribution in [0.15, 0.2) is 16.7 Å². The van der Waals surface area contributed by atoms with Crippen LogP contribution in [0.25, 0.3) is 0 Å². The van der Waals surface area contributed by atoms with Gasteiger partial charge in [0.25, 0.3) is 0 Å². The van der Waals surface area contributed by atoms with Crippen molar-refractivity contribution in [2.45, 2.75) is 6.92 Å². The largest absolute Gasteiger partial charge is 0.469 e. The SMILES string of the molecule is C#CC(=O)c1coc(C)c1. The standard InChI is InChI=1S/C8H6O2/c1-3-8(9)7-4-6(2)10-5-7/h1,4-5H,2H3. The lowest BCUT2D eigenvalue weighted by Crippen LogP contribution is -1.89. The summed E-state index contributed by atoms with van der Waals surface area (Å²) in [5.41, 5.74) is 0.444. The van der Waals surface area contributed by atoms with Crippen LogP contribution in [-0.2, 0) is 0 Å². The lowest BCUT2D eigenvalue weighted by atomic mass is 10.2. The summed E-state index contributed by atoms with van der Waals surface area (Å²) in [5.74, 6) is 2.35. The van der Waals surface area contributed by atoms with Gasteiger partial charge in [-0.1, -0.05) is 0 Å². The first-order valence-corrected chi connectivity index (χ1v) is 2.80. The summed E-state index contributed by atoms with van der Waals surface area (Å²) in [4.78, 5) is 10.7. The number of terminal acetylenes is 1. The van der Waals surface area contributed by atoms with Crippen molar-refractivity contribution in [2.24, 2.45) is 0 Å². The molecule has 1 aromatic heterocycles. The molecule has 50 valence electrons. The zero-order chi connectivity index (χ0) is 7.56. The van der Waals surface area contributed by atoms with Gasteiger partial charge in [0, 0.05) is 0 Å². The van der Waals surface area contributed by atoms with E-state index in [-0.39, 0.29) is 5.78 Å². The van der Waals surface area contributed by atoms with Gasteiger partial charge in [0.2, 0.25) is 5.78 Å². The first kappa shape index (κ1) is 6.63. The summed E-state index contributed by atoms with van der Waals surface area (Å²) >= 11 is 0. The van der Waals surface area contributed by atoms with E-state index in [9.17, 15) is 4.79 Å². The predicted octanol–water partition coefficient (Wildman–Crippen LogP) is 1.40. The van der Waals surface area contributed by atoms with E-state index >= 15 is 0 Å². The summed E-state index contributed by atoms with van der Waals surface area (Å²) in [7, 11) is 0. The molecule has 0 N–H and O–H groups in total. The van der Waals surface area contributed by atoms with E-state index in [1.165, 1.54) is 6.26 Å². The molecular formula is C8H6O2. The number of hydrogen-bond acceptors (Lipinski definition) is 2. The van der Waals surface area contributed by atoms with Crippen molar-refractivity contribution in [3.63, 3.8) is 0 Å². The average Bonchev–Trinajstić information content (AvgIpc) is 2.34. The maximum atomic E-state index is 10.7. The number of furan rings is 1. The van der Waals surface area contributed by atoms with Gasteiger partial charge in [-0.15, -0.1) is 6.42 Å². The molecule has 0 aliphatic rings. The number of hydrogen-bond donors (Lipinski definition) is 0. The second kappa shape index (κ2) is 2.40. The Kier molecular flexibility index (Phi) is 1.59. The van der Waals surface area contributed by atoms with Crippen molar-refractivity contribution in [3.05, 3.63) is 23.7 Å². The third-order valence-electron chi connectivity index (χ3n) is 1.12. The van der Waals surface area contributed by atoms with Gasteiger partial charge in [-0.3, -0.25) is 4.79 Å². The molecule has 0 saturated carbocycles. The van der Waals surface area contributed by atoms with Gasteiger partial charge in [0.1, 0.15) is 12.0 Å². The smallest absolute Gasteiger partial charge is 0.238 e. The van der Waals surface area contributed by atoms with Crippen LogP contribution in [-0.4, -0.2) is 5.78 Å². The van der Waals surface area contributed by atoms with Crippen LogP contribution in [0.1, 0.15) is 16.1 Å². The average molecular weight is 134 g/mol. The molecule has 0 amide bonds. The molecule has 1 heterocycles. The van der Waals surface area contributed by atoms with Gasteiger partial charge in [0.15, 0.2) is 0 Å². The Morgan fingerprint density at radius 2 is 2.50 bits per heavy atom. The molecule has 0 fully saturated rings. The lowest BCUT2D eigenvalue weighted by Gasteiger charge is -1.78. The van der Waals surface area contributed by atoms with Gasteiger partial charge >= 0.3 is 0 Å². The van der Waals surface area contributed by atoms with Crippen LogP contribution in [0.2, 0.25) is 0 Å². The summed E-state index contributed by atoms with van der Waals surface area (Å²) < 4.78 is 4.87. The van der Waals surface area contributed by atoms with E-state index in [0.717, 1.165) is 0 Å². The summed E-state index contributed by atoms with van der Waals surface area (Å²) in [6, 6.07) is 1.61. The Hall–Kier alpha value is -1.49. The van der Waals surface area contributed by atoms with Crippen molar-refractivity contribution in [2.75, 3.05) is 0 Å². The second-order valence-electron chi connectivity index (χ2n) is 1.92. The molecule has 10 heavy (non-hydrogen) atoms. The van der Waals surface area contributed by atoms with Crippen LogP contribution in [0.3, 0.4) is 0 Å². The third-order valence-corrected chi connectivity index (χ3v) is 1.12. The highest BCUT2D eigenvalue weighted by atomic mass is 16.3. The Labute approximate surface area is 58.8 Å². The van der Waals surface area contributed by atoms with E-state index in [4.69, 9.17) is 10.8 Å². The molecule has 0 aromatic carbocycles. The van der Waals surface area contributed by atoms with Crippen LogP contribution in [0.4, 0.5) is 0 Å².